The zero-order valence-corrected chi connectivity index (χ0v) is 7.01. The van der Waals surface area contributed by atoms with Crippen LogP contribution in [-0.2, 0) is 13.0 Å². The molecule has 0 aliphatic rings. The van der Waals surface area contributed by atoms with Crippen molar-refractivity contribution in [2.45, 2.75) is 19.9 Å². The van der Waals surface area contributed by atoms with Crippen molar-refractivity contribution < 1.29 is 0 Å². The van der Waals surface area contributed by atoms with Crippen molar-refractivity contribution in [2.75, 3.05) is 5.75 Å². The standard InChI is InChI=1S/C7H12N2S/c1-2-7-5-8-9(6-7)3-4-10/h5-6,10H,2-4H2,1H3. The summed E-state index contributed by atoms with van der Waals surface area (Å²) in [6, 6.07) is 0. The Balaban J connectivity index is 2.59. The average Bonchev–Trinajstić information content (AvgIpc) is 2.37. The molecule has 0 amide bonds. The molecule has 0 saturated heterocycles. The van der Waals surface area contributed by atoms with E-state index in [-0.39, 0.29) is 0 Å². The Kier molecular flexibility index (Phi) is 2.81. The second-order valence-corrected chi connectivity index (χ2v) is 2.64. The van der Waals surface area contributed by atoms with Crippen LogP contribution in [0.3, 0.4) is 0 Å². The fraction of sp³-hybridized carbons (Fsp3) is 0.571. The predicted molar refractivity (Wildman–Crippen MR) is 45.5 cm³/mol. The Labute approximate surface area is 66.7 Å². The quantitative estimate of drug-likeness (QED) is 0.654. The fourth-order valence-electron chi connectivity index (χ4n) is 0.814. The van der Waals surface area contributed by atoms with Crippen LogP contribution in [0, 0.1) is 0 Å². The second-order valence-electron chi connectivity index (χ2n) is 2.19. The molecule has 0 bridgehead atoms. The van der Waals surface area contributed by atoms with Gasteiger partial charge in [0.25, 0.3) is 0 Å². The molecule has 0 aliphatic carbocycles. The van der Waals surface area contributed by atoms with Gasteiger partial charge in [0, 0.05) is 18.5 Å². The van der Waals surface area contributed by atoms with E-state index in [4.69, 9.17) is 0 Å². The first-order valence-electron chi connectivity index (χ1n) is 3.49. The summed E-state index contributed by atoms with van der Waals surface area (Å²) < 4.78 is 1.92. The van der Waals surface area contributed by atoms with E-state index in [0.29, 0.717) is 0 Å². The molecule has 2 nitrogen and oxygen atoms in total. The first kappa shape index (κ1) is 7.66. The van der Waals surface area contributed by atoms with Gasteiger partial charge in [0.2, 0.25) is 0 Å². The molecule has 0 saturated carbocycles. The average molecular weight is 156 g/mol. The van der Waals surface area contributed by atoms with Gasteiger partial charge in [0.1, 0.15) is 0 Å². The van der Waals surface area contributed by atoms with Gasteiger partial charge >= 0.3 is 0 Å². The summed E-state index contributed by atoms with van der Waals surface area (Å²) in [7, 11) is 0. The van der Waals surface area contributed by atoms with Gasteiger partial charge in [-0.05, 0) is 12.0 Å². The summed E-state index contributed by atoms with van der Waals surface area (Å²) in [5.74, 6) is 0.852. The van der Waals surface area contributed by atoms with Crippen molar-refractivity contribution in [3.8, 4) is 0 Å². The third-order valence-electron chi connectivity index (χ3n) is 1.42. The molecule has 0 aliphatic heterocycles. The Hall–Kier alpha value is -0.440. The third-order valence-corrected chi connectivity index (χ3v) is 1.62. The van der Waals surface area contributed by atoms with Crippen LogP contribution < -0.4 is 0 Å². The van der Waals surface area contributed by atoms with E-state index < -0.39 is 0 Å². The summed E-state index contributed by atoms with van der Waals surface area (Å²) in [5.41, 5.74) is 1.29. The van der Waals surface area contributed by atoms with Crippen molar-refractivity contribution >= 4 is 12.6 Å². The molecule has 0 aromatic carbocycles. The van der Waals surface area contributed by atoms with E-state index in [1.807, 2.05) is 10.9 Å². The summed E-state index contributed by atoms with van der Waals surface area (Å²) in [4.78, 5) is 0. The van der Waals surface area contributed by atoms with Crippen LogP contribution in [0.4, 0.5) is 0 Å². The van der Waals surface area contributed by atoms with Crippen molar-refractivity contribution in [2.24, 2.45) is 0 Å². The minimum absolute atomic E-state index is 0.852. The maximum absolute atomic E-state index is 4.14. The highest BCUT2D eigenvalue weighted by Crippen LogP contribution is 1.97. The van der Waals surface area contributed by atoms with Crippen molar-refractivity contribution in [1.29, 1.82) is 0 Å². The lowest BCUT2D eigenvalue weighted by Crippen LogP contribution is -1.98. The summed E-state index contributed by atoms with van der Waals surface area (Å²) in [6.45, 7) is 3.03. The number of aryl methyl sites for hydroxylation is 2. The van der Waals surface area contributed by atoms with Gasteiger partial charge in [-0.15, -0.1) is 0 Å². The lowest BCUT2D eigenvalue weighted by molar-refractivity contribution is 0.667. The van der Waals surface area contributed by atoms with Gasteiger partial charge in [-0.25, -0.2) is 0 Å². The van der Waals surface area contributed by atoms with Gasteiger partial charge in [-0.2, -0.15) is 17.7 Å². The molecule has 10 heavy (non-hydrogen) atoms. The van der Waals surface area contributed by atoms with Gasteiger partial charge in [-0.1, -0.05) is 6.92 Å². The predicted octanol–water partition coefficient (Wildman–Crippen LogP) is 1.38. The highest BCUT2D eigenvalue weighted by Gasteiger charge is 1.92. The number of thiol groups is 1. The zero-order valence-electron chi connectivity index (χ0n) is 6.12. The van der Waals surface area contributed by atoms with E-state index in [1.54, 1.807) is 0 Å². The Morgan fingerprint density at radius 1 is 1.70 bits per heavy atom. The normalized spacial score (nSPS) is 10.2. The largest absolute Gasteiger partial charge is 0.272 e. The maximum Gasteiger partial charge on any atom is 0.0521 e. The van der Waals surface area contributed by atoms with E-state index in [1.165, 1.54) is 5.56 Å². The van der Waals surface area contributed by atoms with Gasteiger partial charge in [0.05, 0.1) is 6.20 Å². The zero-order chi connectivity index (χ0) is 7.40. The number of nitrogens with zero attached hydrogens (tertiary/aromatic N) is 2. The van der Waals surface area contributed by atoms with Gasteiger partial charge < -0.3 is 0 Å². The molecule has 1 aromatic rings. The highest BCUT2D eigenvalue weighted by molar-refractivity contribution is 7.80. The van der Waals surface area contributed by atoms with Crippen LogP contribution in [0.25, 0.3) is 0 Å². The molecule has 1 rings (SSSR count). The molecule has 0 fully saturated rings. The fourth-order valence-corrected chi connectivity index (χ4v) is 1.02. The lowest BCUT2D eigenvalue weighted by atomic mass is 10.3. The monoisotopic (exact) mass is 156 g/mol. The third kappa shape index (κ3) is 1.77. The van der Waals surface area contributed by atoms with E-state index in [0.717, 1.165) is 18.7 Å². The molecule has 1 heterocycles. The number of aromatic nitrogens is 2. The minimum atomic E-state index is 0.852. The van der Waals surface area contributed by atoms with Crippen LogP contribution in [-0.4, -0.2) is 15.5 Å². The van der Waals surface area contributed by atoms with Crippen molar-refractivity contribution in [3.63, 3.8) is 0 Å². The number of hydrogen-bond acceptors (Lipinski definition) is 2. The summed E-state index contributed by atoms with van der Waals surface area (Å²) in [6.07, 6.45) is 5.03. The lowest BCUT2D eigenvalue weighted by Gasteiger charge is -1.93. The first-order valence-corrected chi connectivity index (χ1v) is 4.12. The molecule has 0 radical (unpaired) electrons. The van der Waals surface area contributed by atoms with E-state index >= 15 is 0 Å². The number of hydrogen-bond donors (Lipinski definition) is 1. The molecule has 0 atom stereocenters. The van der Waals surface area contributed by atoms with Gasteiger partial charge in [0.15, 0.2) is 0 Å². The molecule has 3 heteroatoms. The van der Waals surface area contributed by atoms with Crippen LogP contribution in [0.15, 0.2) is 12.4 Å². The van der Waals surface area contributed by atoms with E-state index in [9.17, 15) is 0 Å². The summed E-state index contributed by atoms with van der Waals surface area (Å²) >= 11 is 4.11. The van der Waals surface area contributed by atoms with Gasteiger partial charge in [-0.3, -0.25) is 4.68 Å². The second kappa shape index (κ2) is 3.66. The SMILES string of the molecule is CCc1cnn(CCS)c1. The van der Waals surface area contributed by atoms with Crippen LogP contribution in [0.2, 0.25) is 0 Å². The Bertz CT molecular complexity index is 195. The molecule has 1 aromatic heterocycles. The first-order chi connectivity index (χ1) is 4.86. The minimum Gasteiger partial charge on any atom is -0.272 e. The molecular weight excluding hydrogens is 144 g/mol. The molecule has 0 N–H and O–H groups in total. The van der Waals surface area contributed by atoms with Crippen molar-refractivity contribution in [3.05, 3.63) is 18.0 Å². The smallest absolute Gasteiger partial charge is 0.0521 e. The van der Waals surface area contributed by atoms with Crippen LogP contribution >= 0.6 is 12.6 Å². The van der Waals surface area contributed by atoms with Crippen LogP contribution in [0.1, 0.15) is 12.5 Å². The molecule has 0 unspecified atom stereocenters. The van der Waals surface area contributed by atoms with Crippen molar-refractivity contribution in [1.82, 2.24) is 9.78 Å². The number of rotatable bonds is 3. The maximum atomic E-state index is 4.14. The molecule has 56 valence electrons. The summed E-state index contributed by atoms with van der Waals surface area (Å²) in [5, 5.41) is 4.14. The molecular formula is C7H12N2S. The highest BCUT2D eigenvalue weighted by atomic mass is 32.1. The molecule has 0 spiro atoms. The Morgan fingerprint density at radius 3 is 3.00 bits per heavy atom. The topological polar surface area (TPSA) is 17.8 Å². The van der Waals surface area contributed by atoms with Crippen LogP contribution in [0.5, 0.6) is 0 Å². The Morgan fingerprint density at radius 2 is 2.50 bits per heavy atom. The van der Waals surface area contributed by atoms with E-state index in [2.05, 4.69) is 30.8 Å².